The fraction of sp³-hybridized carbons (Fsp3) is 0.519. The predicted octanol–water partition coefficient (Wildman–Crippen LogP) is 5.12. The Bertz CT molecular complexity index is 884. The average Bonchev–Trinajstić information content (AvgIpc) is 3.20. The van der Waals surface area contributed by atoms with Crippen LogP contribution >= 0.6 is 0 Å². The van der Waals surface area contributed by atoms with Crippen LogP contribution < -0.4 is 10.4 Å². The normalized spacial score (nSPS) is 26.8. The fourth-order valence-corrected chi connectivity index (χ4v) is 10.7. The minimum absolute atomic E-state index is 0.00690. The van der Waals surface area contributed by atoms with Gasteiger partial charge in [0.1, 0.15) is 16.1 Å². The van der Waals surface area contributed by atoms with Crippen LogP contribution in [-0.4, -0.2) is 29.9 Å². The van der Waals surface area contributed by atoms with Crippen LogP contribution in [0.5, 0.6) is 0 Å². The van der Waals surface area contributed by atoms with E-state index in [1.807, 2.05) is 27.0 Å². The molecule has 0 spiro atoms. The Balaban J connectivity index is 1.56. The van der Waals surface area contributed by atoms with Crippen molar-refractivity contribution in [1.29, 1.82) is 0 Å². The number of fused-ring (bicyclic) bond motifs is 1. The highest BCUT2D eigenvalue weighted by molar-refractivity contribution is 7.91. The molecule has 0 saturated heterocycles. The van der Waals surface area contributed by atoms with Crippen LogP contribution in [-0.2, 0) is 15.8 Å². The van der Waals surface area contributed by atoms with Crippen molar-refractivity contribution >= 4 is 36.3 Å². The quantitative estimate of drug-likeness (QED) is 0.336. The molecular weight excluding hydrogens is 430 g/mol. The molecule has 172 valence electrons. The zero-order valence-electron chi connectivity index (χ0n) is 20.2. The van der Waals surface area contributed by atoms with Crippen molar-refractivity contribution in [3.8, 4) is 0 Å². The van der Waals surface area contributed by atoms with Crippen molar-refractivity contribution in [2.24, 2.45) is 22.2 Å². The maximum atomic E-state index is 12.3. The average molecular weight is 468 g/mol. The molecule has 2 aromatic rings. The fourth-order valence-electron chi connectivity index (χ4n) is 5.38. The van der Waals surface area contributed by atoms with Crippen molar-refractivity contribution in [3.05, 3.63) is 60.7 Å². The minimum Gasteiger partial charge on any atom is -0.591 e. The SMILES string of the molecule is CC(C)(C)[S+]([O-])/N=C/C1[C@H]2CC(O[Si](c3ccccc3)(c3ccccc3)C(C)(C)C)C[C@@H]12. The van der Waals surface area contributed by atoms with Gasteiger partial charge in [-0.25, -0.2) is 0 Å². The van der Waals surface area contributed by atoms with Crippen molar-refractivity contribution < 1.29 is 8.98 Å². The Morgan fingerprint density at radius 2 is 1.34 bits per heavy atom. The second-order valence-corrected chi connectivity index (χ2v) is 17.6. The van der Waals surface area contributed by atoms with Crippen molar-refractivity contribution in [2.45, 2.75) is 70.3 Å². The van der Waals surface area contributed by atoms with E-state index in [4.69, 9.17) is 4.43 Å². The molecule has 0 radical (unpaired) electrons. The zero-order valence-corrected chi connectivity index (χ0v) is 22.1. The topological polar surface area (TPSA) is 44.7 Å². The van der Waals surface area contributed by atoms with Crippen molar-refractivity contribution in [2.75, 3.05) is 0 Å². The van der Waals surface area contributed by atoms with E-state index < -0.39 is 19.7 Å². The summed E-state index contributed by atoms with van der Waals surface area (Å²) in [6.45, 7) is 12.9. The summed E-state index contributed by atoms with van der Waals surface area (Å²) in [7, 11) is -2.49. The molecule has 2 aromatic carbocycles. The van der Waals surface area contributed by atoms with E-state index in [-0.39, 0.29) is 15.9 Å². The van der Waals surface area contributed by atoms with Gasteiger partial charge in [-0.15, -0.1) is 0 Å². The highest BCUT2D eigenvalue weighted by atomic mass is 32.2. The molecule has 0 bridgehead atoms. The van der Waals surface area contributed by atoms with Gasteiger partial charge in [0.05, 0.1) is 6.21 Å². The summed E-state index contributed by atoms with van der Waals surface area (Å²) in [4.78, 5) is 0. The third-order valence-electron chi connectivity index (χ3n) is 7.08. The standard InChI is InChI=1S/C27H37NO2SSi/c1-26(2,3)31(29)28-19-25-23-17-20(18-24(23)25)30-32(27(4,5)6,21-13-9-7-10-14-21)22-15-11-8-12-16-22/h7-16,19-20,23-25H,17-18H2,1-6H3/b28-19+/t20?,23-,24+,25?,31?. The minimum atomic E-state index is -2.49. The summed E-state index contributed by atoms with van der Waals surface area (Å²) in [6, 6.07) is 21.8. The summed E-state index contributed by atoms with van der Waals surface area (Å²) in [6.07, 6.45) is 4.41. The van der Waals surface area contributed by atoms with Crippen LogP contribution in [0.1, 0.15) is 54.4 Å². The van der Waals surface area contributed by atoms with Gasteiger partial charge in [-0.05, 0) is 60.9 Å². The molecule has 32 heavy (non-hydrogen) atoms. The lowest BCUT2D eigenvalue weighted by molar-refractivity contribution is 0.177. The molecule has 3 unspecified atom stereocenters. The number of benzene rings is 2. The van der Waals surface area contributed by atoms with Gasteiger partial charge in [-0.2, -0.15) is 0 Å². The third kappa shape index (κ3) is 4.50. The second kappa shape index (κ2) is 8.75. The van der Waals surface area contributed by atoms with Crippen LogP contribution in [0.15, 0.2) is 65.1 Å². The Morgan fingerprint density at radius 3 is 1.75 bits per heavy atom. The molecule has 0 aromatic heterocycles. The third-order valence-corrected chi connectivity index (χ3v) is 13.5. The Morgan fingerprint density at radius 1 is 0.875 bits per heavy atom. The molecule has 2 aliphatic carbocycles. The molecule has 0 amide bonds. The van der Waals surface area contributed by atoms with Gasteiger partial charge in [-0.3, -0.25) is 0 Å². The highest BCUT2D eigenvalue weighted by Crippen LogP contribution is 2.58. The first-order valence-corrected chi connectivity index (χ1v) is 14.8. The molecule has 4 rings (SSSR count). The van der Waals surface area contributed by atoms with E-state index >= 15 is 0 Å². The molecule has 2 aliphatic rings. The first-order chi connectivity index (χ1) is 15.0. The summed E-state index contributed by atoms with van der Waals surface area (Å²) < 4.78 is 23.7. The molecule has 3 nitrogen and oxygen atoms in total. The van der Waals surface area contributed by atoms with Crippen LogP contribution in [0.3, 0.4) is 0 Å². The van der Waals surface area contributed by atoms with Crippen molar-refractivity contribution in [1.82, 2.24) is 0 Å². The first kappa shape index (κ1) is 23.7. The maximum absolute atomic E-state index is 12.3. The molecule has 0 heterocycles. The van der Waals surface area contributed by atoms with Crippen LogP contribution in [0.2, 0.25) is 5.04 Å². The van der Waals surface area contributed by atoms with Crippen LogP contribution in [0.4, 0.5) is 0 Å². The van der Waals surface area contributed by atoms with Crippen LogP contribution in [0, 0.1) is 17.8 Å². The number of hydrogen-bond acceptors (Lipinski definition) is 3. The van der Waals surface area contributed by atoms with Gasteiger partial charge in [0, 0.05) is 12.0 Å². The van der Waals surface area contributed by atoms with E-state index in [0.29, 0.717) is 17.8 Å². The lowest BCUT2D eigenvalue weighted by Gasteiger charge is -2.45. The molecule has 5 heteroatoms. The summed E-state index contributed by atoms with van der Waals surface area (Å²) >= 11 is -1.17. The van der Waals surface area contributed by atoms with Gasteiger partial charge >= 0.3 is 0 Å². The Labute approximate surface area is 198 Å². The molecular formula is C27H37NO2SSi. The Kier molecular flexibility index (Phi) is 6.49. The lowest BCUT2D eigenvalue weighted by Crippen LogP contribution is -2.67. The maximum Gasteiger partial charge on any atom is 0.261 e. The molecule has 0 aliphatic heterocycles. The summed E-state index contributed by atoms with van der Waals surface area (Å²) in [5.41, 5.74) is 0. The second-order valence-electron chi connectivity index (χ2n) is 11.4. The van der Waals surface area contributed by atoms with E-state index in [0.717, 1.165) is 12.8 Å². The van der Waals surface area contributed by atoms with Gasteiger partial charge in [0.15, 0.2) is 0 Å². The molecule has 2 saturated carbocycles. The van der Waals surface area contributed by atoms with E-state index in [1.165, 1.54) is 10.4 Å². The van der Waals surface area contributed by atoms with Gasteiger partial charge < -0.3 is 8.98 Å². The number of hydrogen-bond donors (Lipinski definition) is 0. The Hall–Kier alpha value is -1.40. The smallest absolute Gasteiger partial charge is 0.261 e. The van der Waals surface area contributed by atoms with E-state index in [2.05, 4.69) is 85.8 Å². The van der Waals surface area contributed by atoms with E-state index in [9.17, 15) is 4.55 Å². The van der Waals surface area contributed by atoms with Gasteiger partial charge in [0.25, 0.3) is 8.32 Å². The molecule has 5 atom stereocenters. The van der Waals surface area contributed by atoms with Gasteiger partial charge in [-0.1, -0.05) is 85.8 Å². The first-order valence-electron chi connectivity index (χ1n) is 11.8. The van der Waals surface area contributed by atoms with Crippen molar-refractivity contribution in [3.63, 3.8) is 0 Å². The largest absolute Gasteiger partial charge is 0.591 e. The summed E-state index contributed by atoms with van der Waals surface area (Å²) in [5, 5.41) is 2.70. The van der Waals surface area contributed by atoms with E-state index in [1.54, 1.807) is 0 Å². The number of rotatable bonds is 6. The zero-order chi connectivity index (χ0) is 23.1. The van der Waals surface area contributed by atoms with Crippen LogP contribution in [0.25, 0.3) is 0 Å². The monoisotopic (exact) mass is 467 g/mol. The highest BCUT2D eigenvalue weighted by Gasteiger charge is 2.59. The molecule has 0 N–H and O–H groups in total. The number of nitrogens with zero attached hydrogens (tertiary/aromatic N) is 1. The lowest BCUT2D eigenvalue weighted by atomic mass is 10.1. The van der Waals surface area contributed by atoms with Gasteiger partial charge in [0.2, 0.25) is 0 Å². The summed E-state index contributed by atoms with van der Waals surface area (Å²) in [5.74, 6) is 1.72. The predicted molar refractivity (Wildman–Crippen MR) is 139 cm³/mol. The molecule has 2 fully saturated rings.